The quantitative estimate of drug-likeness (QED) is 0.828. The Hall–Kier alpha value is -0.910. The van der Waals surface area contributed by atoms with Gasteiger partial charge in [-0.15, -0.1) is 11.3 Å². The zero-order valence-electron chi connectivity index (χ0n) is 14.2. The van der Waals surface area contributed by atoms with E-state index in [4.69, 9.17) is 4.74 Å². The first-order valence-corrected chi connectivity index (χ1v) is 9.70. The van der Waals surface area contributed by atoms with Gasteiger partial charge in [-0.3, -0.25) is 9.69 Å². The molecule has 0 aliphatic carbocycles. The van der Waals surface area contributed by atoms with Crippen LogP contribution < -0.4 is 0 Å². The van der Waals surface area contributed by atoms with Gasteiger partial charge in [-0.25, -0.2) is 0 Å². The van der Waals surface area contributed by atoms with Crippen molar-refractivity contribution in [1.82, 2.24) is 9.80 Å². The summed E-state index contributed by atoms with van der Waals surface area (Å²) in [5, 5.41) is 2.09. The number of nitrogens with zero attached hydrogens (tertiary/aromatic N) is 2. The fourth-order valence-corrected chi connectivity index (χ4v) is 4.72. The molecule has 4 nitrogen and oxygen atoms in total. The van der Waals surface area contributed by atoms with Crippen LogP contribution in [0.25, 0.3) is 0 Å². The lowest BCUT2D eigenvalue weighted by atomic mass is 9.99. The molecule has 0 bridgehead atoms. The van der Waals surface area contributed by atoms with Gasteiger partial charge in [0.2, 0.25) is 5.91 Å². The van der Waals surface area contributed by atoms with Gasteiger partial charge in [-0.1, -0.05) is 26.3 Å². The average Bonchev–Trinajstić information content (AvgIpc) is 3.24. The minimum absolute atomic E-state index is 0.0783. The number of thiophene rings is 1. The van der Waals surface area contributed by atoms with Gasteiger partial charge in [-0.2, -0.15) is 0 Å². The van der Waals surface area contributed by atoms with E-state index < -0.39 is 0 Å². The lowest BCUT2D eigenvalue weighted by Gasteiger charge is -2.34. The Morgan fingerprint density at radius 3 is 2.83 bits per heavy atom. The maximum atomic E-state index is 12.8. The van der Waals surface area contributed by atoms with Gasteiger partial charge in [0, 0.05) is 43.0 Å². The molecular weight excluding hydrogens is 308 g/mol. The van der Waals surface area contributed by atoms with Crippen LogP contribution in [0.1, 0.15) is 25.1 Å². The van der Waals surface area contributed by atoms with Gasteiger partial charge in [0.25, 0.3) is 0 Å². The van der Waals surface area contributed by atoms with E-state index in [9.17, 15) is 4.79 Å². The molecule has 0 unspecified atom stereocenters. The lowest BCUT2D eigenvalue weighted by Crippen LogP contribution is -2.47. The normalized spacial score (nSPS) is 27.3. The summed E-state index contributed by atoms with van der Waals surface area (Å²) in [4.78, 5) is 18.8. The Morgan fingerprint density at radius 1 is 1.39 bits per heavy atom. The highest BCUT2D eigenvalue weighted by atomic mass is 32.1. The monoisotopic (exact) mass is 336 g/mol. The van der Waals surface area contributed by atoms with Crippen LogP contribution in [0.5, 0.6) is 0 Å². The lowest BCUT2D eigenvalue weighted by molar-refractivity contribution is -0.134. The van der Waals surface area contributed by atoms with Crippen molar-refractivity contribution in [1.29, 1.82) is 0 Å². The van der Waals surface area contributed by atoms with Crippen LogP contribution in [-0.4, -0.2) is 61.1 Å². The molecule has 1 amide bonds. The van der Waals surface area contributed by atoms with Gasteiger partial charge in [0.05, 0.1) is 13.2 Å². The Morgan fingerprint density at radius 2 is 2.17 bits per heavy atom. The van der Waals surface area contributed by atoms with Crippen molar-refractivity contribution in [3.05, 3.63) is 22.4 Å². The molecule has 0 saturated carbocycles. The van der Waals surface area contributed by atoms with Gasteiger partial charge >= 0.3 is 0 Å². The maximum absolute atomic E-state index is 12.8. The van der Waals surface area contributed by atoms with E-state index in [1.165, 1.54) is 4.88 Å². The van der Waals surface area contributed by atoms with Crippen LogP contribution in [0.4, 0.5) is 0 Å². The Kier molecular flexibility index (Phi) is 5.72. The van der Waals surface area contributed by atoms with Crippen LogP contribution in [0.2, 0.25) is 0 Å². The third-order valence-electron chi connectivity index (χ3n) is 5.27. The van der Waals surface area contributed by atoms with Gasteiger partial charge in [0.15, 0.2) is 0 Å². The molecule has 1 aromatic rings. The predicted octanol–water partition coefficient (Wildman–Crippen LogP) is 2.50. The van der Waals surface area contributed by atoms with Crippen molar-refractivity contribution in [3.63, 3.8) is 0 Å². The summed E-state index contributed by atoms with van der Waals surface area (Å²) in [6, 6.07) is 4.71. The molecule has 3 atom stereocenters. The SMILES string of the molecule is CC[C@@H]1CN(C(=O)[C@H](C)Cc2cccs2)C[C@H]1N1CCOCC1. The number of hydrogen-bond acceptors (Lipinski definition) is 4. The number of amides is 1. The Labute approximate surface area is 143 Å². The molecule has 3 heterocycles. The first-order chi connectivity index (χ1) is 11.2. The number of morpholine rings is 1. The topological polar surface area (TPSA) is 32.8 Å². The van der Waals surface area contributed by atoms with Crippen molar-refractivity contribution in [2.45, 2.75) is 32.7 Å². The fourth-order valence-electron chi connectivity index (χ4n) is 3.89. The largest absolute Gasteiger partial charge is 0.379 e. The molecular formula is C18H28N2O2S. The van der Waals surface area contributed by atoms with E-state index in [0.717, 1.165) is 52.2 Å². The van der Waals surface area contributed by atoms with Crippen molar-refractivity contribution >= 4 is 17.2 Å². The molecule has 3 rings (SSSR count). The summed E-state index contributed by atoms with van der Waals surface area (Å²) in [6.45, 7) is 9.82. The van der Waals surface area contributed by atoms with Crippen LogP contribution in [0.3, 0.4) is 0 Å². The molecule has 2 aliphatic heterocycles. The molecule has 1 aromatic heterocycles. The van der Waals surface area contributed by atoms with E-state index in [0.29, 0.717) is 17.9 Å². The standard InChI is InChI=1S/C18H28N2O2S/c1-3-15-12-20(13-17(15)19-6-8-22-9-7-19)18(21)14(2)11-16-5-4-10-23-16/h4-5,10,14-15,17H,3,6-9,11-13H2,1-2H3/t14-,15-,17-/m1/s1. The summed E-state index contributed by atoms with van der Waals surface area (Å²) in [7, 11) is 0. The zero-order chi connectivity index (χ0) is 16.2. The van der Waals surface area contributed by atoms with Gasteiger partial charge in [0.1, 0.15) is 0 Å². The van der Waals surface area contributed by atoms with E-state index in [2.05, 4.69) is 41.2 Å². The summed E-state index contributed by atoms with van der Waals surface area (Å²) in [6.07, 6.45) is 2.01. The third kappa shape index (κ3) is 3.95. The fraction of sp³-hybridized carbons (Fsp3) is 0.722. The number of rotatable bonds is 5. The highest BCUT2D eigenvalue weighted by Gasteiger charge is 2.38. The second-order valence-electron chi connectivity index (χ2n) is 6.81. The number of carbonyl (C=O) groups is 1. The van der Waals surface area contributed by atoms with E-state index >= 15 is 0 Å². The smallest absolute Gasteiger partial charge is 0.225 e. The summed E-state index contributed by atoms with van der Waals surface area (Å²) < 4.78 is 5.48. The summed E-state index contributed by atoms with van der Waals surface area (Å²) in [5.74, 6) is 1.01. The Balaban J connectivity index is 1.60. The molecule has 0 radical (unpaired) electrons. The molecule has 2 saturated heterocycles. The second kappa shape index (κ2) is 7.77. The van der Waals surface area contributed by atoms with Crippen molar-refractivity contribution in [2.75, 3.05) is 39.4 Å². The Bertz CT molecular complexity index is 499. The summed E-state index contributed by atoms with van der Waals surface area (Å²) >= 11 is 1.75. The van der Waals surface area contributed by atoms with Crippen LogP contribution in [0, 0.1) is 11.8 Å². The van der Waals surface area contributed by atoms with E-state index in [1.54, 1.807) is 11.3 Å². The van der Waals surface area contributed by atoms with Crippen LogP contribution in [0.15, 0.2) is 17.5 Å². The van der Waals surface area contributed by atoms with E-state index in [-0.39, 0.29) is 5.92 Å². The molecule has 2 fully saturated rings. The highest BCUT2D eigenvalue weighted by Crippen LogP contribution is 2.27. The number of carbonyl (C=O) groups excluding carboxylic acids is 1. The van der Waals surface area contributed by atoms with Crippen LogP contribution in [-0.2, 0) is 16.0 Å². The number of likely N-dealkylation sites (tertiary alicyclic amines) is 1. The minimum atomic E-state index is 0.0783. The van der Waals surface area contributed by atoms with Gasteiger partial charge < -0.3 is 9.64 Å². The maximum Gasteiger partial charge on any atom is 0.225 e. The van der Waals surface area contributed by atoms with Crippen molar-refractivity contribution in [2.24, 2.45) is 11.8 Å². The molecule has 0 N–H and O–H groups in total. The number of hydrogen-bond donors (Lipinski definition) is 0. The minimum Gasteiger partial charge on any atom is -0.379 e. The molecule has 23 heavy (non-hydrogen) atoms. The third-order valence-corrected chi connectivity index (χ3v) is 6.16. The highest BCUT2D eigenvalue weighted by molar-refractivity contribution is 7.09. The van der Waals surface area contributed by atoms with Crippen molar-refractivity contribution in [3.8, 4) is 0 Å². The van der Waals surface area contributed by atoms with Gasteiger partial charge in [-0.05, 0) is 23.8 Å². The first-order valence-electron chi connectivity index (χ1n) is 8.82. The predicted molar refractivity (Wildman–Crippen MR) is 93.7 cm³/mol. The molecule has 5 heteroatoms. The molecule has 128 valence electrons. The summed E-state index contributed by atoms with van der Waals surface area (Å²) in [5.41, 5.74) is 0. The van der Waals surface area contributed by atoms with Crippen molar-refractivity contribution < 1.29 is 9.53 Å². The number of ether oxygens (including phenoxy) is 1. The second-order valence-corrected chi connectivity index (χ2v) is 7.84. The first kappa shape index (κ1) is 16.9. The molecule has 0 aromatic carbocycles. The average molecular weight is 337 g/mol. The molecule has 0 spiro atoms. The zero-order valence-corrected chi connectivity index (χ0v) is 15.1. The molecule has 2 aliphatic rings. The van der Waals surface area contributed by atoms with Crippen LogP contribution >= 0.6 is 11.3 Å². The van der Waals surface area contributed by atoms with E-state index in [1.807, 2.05) is 0 Å².